The van der Waals surface area contributed by atoms with E-state index in [1.165, 1.54) is 6.42 Å². The fourth-order valence-corrected chi connectivity index (χ4v) is 2.55. The van der Waals surface area contributed by atoms with E-state index in [9.17, 15) is 5.11 Å². The number of hydrogen-bond donors (Lipinski definition) is 2. The Labute approximate surface area is 115 Å². The monoisotopic (exact) mass is 264 g/mol. The van der Waals surface area contributed by atoms with Crippen molar-refractivity contribution in [1.82, 2.24) is 14.9 Å². The van der Waals surface area contributed by atoms with Crippen LogP contribution in [-0.4, -0.2) is 52.8 Å². The summed E-state index contributed by atoms with van der Waals surface area (Å²) in [6.07, 6.45) is 3.95. The van der Waals surface area contributed by atoms with Crippen molar-refractivity contribution in [1.29, 1.82) is 0 Å². The largest absolute Gasteiger partial charge is 0.396 e. The summed E-state index contributed by atoms with van der Waals surface area (Å²) in [5.41, 5.74) is 2.14. The van der Waals surface area contributed by atoms with Crippen LogP contribution in [0, 0.1) is 19.8 Å². The van der Waals surface area contributed by atoms with Crippen LogP contribution >= 0.6 is 0 Å². The first-order chi connectivity index (χ1) is 9.20. The summed E-state index contributed by atoms with van der Waals surface area (Å²) in [4.78, 5) is 10.9. The quantitative estimate of drug-likeness (QED) is 0.837. The van der Waals surface area contributed by atoms with Crippen molar-refractivity contribution in [3.63, 3.8) is 0 Å². The zero-order valence-corrected chi connectivity index (χ0v) is 11.9. The predicted molar refractivity (Wildman–Crippen MR) is 76.2 cm³/mol. The van der Waals surface area contributed by atoms with E-state index in [1.807, 2.05) is 13.8 Å². The molecule has 0 aromatic carbocycles. The lowest BCUT2D eigenvalue weighted by Crippen LogP contribution is -2.39. The third-order valence-electron chi connectivity index (χ3n) is 3.92. The van der Waals surface area contributed by atoms with Gasteiger partial charge in [0.05, 0.1) is 0 Å². The Balaban J connectivity index is 1.78. The smallest absolute Gasteiger partial charge is 0.132 e. The summed E-state index contributed by atoms with van der Waals surface area (Å²) in [7, 11) is 0. The van der Waals surface area contributed by atoms with Crippen LogP contribution in [0.25, 0.3) is 0 Å². The van der Waals surface area contributed by atoms with E-state index in [4.69, 9.17) is 0 Å². The zero-order valence-electron chi connectivity index (χ0n) is 11.9. The van der Waals surface area contributed by atoms with E-state index in [1.54, 1.807) is 6.33 Å². The molecule has 1 fully saturated rings. The molecule has 1 aromatic heterocycles. The first-order valence-corrected chi connectivity index (χ1v) is 7.06. The molecule has 0 bridgehead atoms. The van der Waals surface area contributed by atoms with Crippen LogP contribution in [0.15, 0.2) is 6.33 Å². The number of aryl methyl sites for hydroxylation is 1. The lowest BCUT2D eigenvalue weighted by molar-refractivity contribution is 0.123. The number of aromatic nitrogens is 2. The third kappa shape index (κ3) is 3.88. The van der Waals surface area contributed by atoms with Gasteiger partial charge in [0.1, 0.15) is 12.1 Å². The summed E-state index contributed by atoms with van der Waals surface area (Å²) >= 11 is 0. The highest BCUT2D eigenvalue weighted by atomic mass is 16.3. The Morgan fingerprint density at radius 1 is 1.42 bits per heavy atom. The Kier molecular flexibility index (Phi) is 5.10. The van der Waals surface area contributed by atoms with Gasteiger partial charge in [-0.05, 0) is 39.2 Å². The average molecular weight is 264 g/mol. The first kappa shape index (κ1) is 14.2. The molecule has 0 radical (unpaired) electrons. The van der Waals surface area contributed by atoms with Crippen LogP contribution in [0.3, 0.4) is 0 Å². The maximum atomic E-state index is 9.22. The van der Waals surface area contributed by atoms with Gasteiger partial charge in [-0.1, -0.05) is 0 Å². The highest BCUT2D eigenvalue weighted by Crippen LogP contribution is 2.16. The standard InChI is InChI=1S/C14H24N4O/c1-11-12(2)16-10-17-14(11)15-5-7-18-6-3-4-13(8-18)9-19/h10,13,19H,3-9H2,1-2H3,(H,15,16,17)/t13-/m1/s1. The number of anilines is 1. The summed E-state index contributed by atoms with van der Waals surface area (Å²) < 4.78 is 0. The van der Waals surface area contributed by atoms with Crippen LogP contribution in [0.5, 0.6) is 0 Å². The number of nitrogens with one attached hydrogen (secondary N) is 1. The highest BCUT2D eigenvalue weighted by molar-refractivity contribution is 5.44. The highest BCUT2D eigenvalue weighted by Gasteiger charge is 2.18. The number of nitrogens with zero attached hydrogens (tertiary/aromatic N) is 3. The minimum atomic E-state index is 0.314. The van der Waals surface area contributed by atoms with E-state index in [2.05, 4.69) is 20.2 Å². The molecule has 0 saturated carbocycles. The molecule has 106 valence electrons. The van der Waals surface area contributed by atoms with Crippen molar-refractivity contribution in [3.05, 3.63) is 17.6 Å². The van der Waals surface area contributed by atoms with Crippen molar-refractivity contribution >= 4 is 5.82 Å². The normalized spacial score (nSPS) is 20.5. The topological polar surface area (TPSA) is 61.3 Å². The predicted octanol–water partition coefficient (Wildman–Crippen LogP) is 1.21. The van der Waals surface area contributed by atoms with E-state index in [-0.39, 0.29) is 0 Å². The second-order valence-corrected chi connectivity index (χ2v) is 5.35. The van der Waals surface area contributed by atoms with Gasteiger partial charge >= 0.3 is 0 Å². The molecular weight excluding hydrogens is 240 g/mol. The van der Waals surface area contributed by atoms with Crippen LogP contribution in [0.1, 0.15) is 24.1 Å². The van der Waals surface area contributed by atoms with Crippen molar-refractivity contribution in [2.75, 3.05) is 38.1 Å². The zero-order chi connectivity index (χ0) is 13.7. The summed E-state index contributed by atoms with van der Waals surface area (Å²) in [6, 6.07) is 0. The summed E-state index contributed by atoms with van der Waals surface area (Å²) in [6.45, 7) is 8.39. The van der Waals surface area contributed by atoms with Crippen molar-refractivity contribution < 1.29 is 5.11 Å². The molecule has 2 heterocycles. The number of aliphatic hydroxyl groups excluding tert-OH is 1. The van der Waals surface area contributed by atoms with Gasteiger partial charge in [-0.25, -0.2) is 9.97 Å². The lowest BCUT2D eigenvalue weighted by atomic mass is 9.99. The van der Waals surface area contributed by atoms with Gasteiger partial charge in [-0.15, -0.1) is 0 Å². The Morgan fingerprint density at radius 2 is 2.26 bits per heavy atom. The lowest BCUT2D eigenvalue weighted by Gasteiger charge is -2.31. The molecule has 2 rings (SSSR count). The van der Waals surface area contributed by atoms with Gasteiger partial charge in [0.15, 0.2) is 0 Å². The first-order valence-electron chi connectivity index (χ1n) is 7.06. The Bertz CT molecular complexity index is 410. The Morgan fingerprint density at radius 3 is 3.05 bits per heavy atom. The number of piperidine rings is 1. The molecule has 1 saturated heterocycles. The van der Waals surface area contributed by atoms with Gasteiger partial charge in [0.2, 0.25) is 0 Å². The molecule has 1 aliphatic rings. The molecule has 1 atom stereocenters. The number of rotatable bonds is 5. The molecule has 5 heteroatoms. The van der Waals surface area contributed by atoms with Crippen molar-refractivity contribution in [2.24, 2.45) is 5.92 Å². The molecule has 0 amide bonds. The summed E-state index contributed by atoms with van der Waals surface area (Å²) in [5.74, 6) is 1.39. The molecule has 0 spiro atoms. The van der Waals surface area contributed by atoms with E-state index in [0.29, 0.717) is 12.5 Å². The molecule has 19 heavy (non-hydrogen) atoms. The average Bonchev–Trinajstić information content (AvgIpc) is 2.44. The van der Waals surface area contributed by atoms with Crippen LogP contribution in [0.2, 0.25) is 0 Å². The van der Waals surface area contributed by atoms with Gasteiger partial charge in [-0.2, -0.15) is 0 Å². The minimum absolute atomic E-state index is 0.314. The molecule has 1 aliphatic heterocycles. The maximum absolute atomic E-state index is 9.22. The van der Waals surface area contributed by atoms with Crippen molar-refractivity contribution in [2.45, 2.75) is 26.7 Å². The molecular formula is C14H24N4O. The van der Waals surface area contributed by atoms with E-state index >= 15 is 0 Å². The molecule has 2 N–H and O–H groups in total. The summed E-state index contributed by atoms with van der Waals surface area (Å²) in [5, 5.41) is 12.6. The van der Waals surface area contributed by atoms with E-state index < -0.39 is 0 Å². The van der Waals surface area contributed by atoms with Crippen LogP contribution in [-0.2, 0) is 0 Å². The molecule has 1 aromatic rings. The third-order valence-corrected chi connectivity index (χ3v) is 3.92. The molecule has 0 unspecified atom stereocenters. The van der Waals surface area contributed by atoms with Gasteiger partial charge in [-0.3, -0.25) is 0 Å². The van der Waals surface area contributed by atoms with Gasteiger partial charge in [0.25, 0.3) is 0 Å². The number of aliphatic hydroxyl groups is 1. The second kappa shape index (κ2) is 6.82. The van der Waals surface area contributed by atoms with Crippen molar-refractivity contribution in [3.8, 4) is 0 Å². The SMILES string of the molecule is Cc1ncnc(NCCN2CCC[C@@H](CO)C2)c1C. The van der Waals surface area contributed by atoms with Gasteiger partial charge < -0.3 is 15.3 Å². The number of hydrogen-bond acceptors (Lipinski definition) is 5. The fraction of sp³-hybridized carbons (Fsp3) is 0.714. The number of likely N-dealkylation sites (tertiary alicyclic amines) is 1. The van der Waals surface area contributed by atoms with Crippen LogP contribution in [0.4, 0.5) is 5.82 Å². The minimum Gasteiger partial charge on any atom is -0.396 e. The second-order valence-electron chi connectivity index (χ2n) is 5.35. The van der Waals surface area contributed by atoms with Crippen LogP contribution < -0.4 is 5.32 Å². The van der Waals surface area contributed by atoms with Gasteiger partial charge in [0, 0.05) is 37.5 Å². The molecule has 5 nitrogen and oxygen atoms in total. The maximum Gasteiger partial charge on any atom is 0.132 e. The van der Waals surface area contributed by atoms with E-state index in [0.717, 1.165) is 49.7 Å². The molecule has 0 aliphatic carbocycles. The fourth-order valence-electron chi connectivity index (χ4n) is 2.55. The Hall–Kier alpha value is -1.20.